The summed E-state index contributed by atoms with van der Waals surface area (Å²) in [5.74, 6) is 0. The van der Waals surface area contributed by atoms with Crippen LogP contribution in [-0.2, 0) is 0 Å². The Kier molecular flexibility index (Phi) is 3.82. The second-order valence-corrected chi connectivity index (χ2v) is 10.5. The molecule has 0 fully saturated rings. The molecule has 0 atom stereocenters. The molecule has 1 heteroatoms. The molecule has 0 saturated carbocycles. The van der Waals surface area contributed by atoms with Gasteiger partial charge < -0.3 is 0 Å². The van der Waals surface area contributed by atoms with E-state index >= 15 is 0 Å². The van der Waals surface area contributed by atoms with Crippen LogP contribution in [0.15, 0.2) is 0 Å². The zero-order valence-corrected chi connectivity index (χ0v) is 9.83. The van der Waals surface area contributed by atoms with Crippen molar-refractivity contribution >= 4 is 8.07 Å². The Balaban J connectivity index is 4.54. The average molecular weight is 171 g/mol. The lowest BCUT2D eigenvalue weighted by Crippen LogP contribution is -2.41. The Morgan fingerprint density at radius 1 is 1.09 bits per heavy atom. The lowest BCUT2D eigenvalue weighted by molar-refractivity contribution is 0.701. The van der Waals surface area contributed by atoms with Gasteiger partial charge in [0.1, 0.15) is 0 Å². The molecule has 67 valence electrons. The van der Waals surface area contributed by atoms with E-state index in [-0.39, 0.29) is 0 Å². The van der Waals surface area contributed by atoms with Crippen LogP contribution in [0.4, 0.5) is 0 Å². The van der Waals surface area contributed by atoms with Gasteiger partial charge >= 0.3 is 0 Å². The van der Waals surface area contributed by atoms with E-state index in [0.717, 1.165) is 0 Å². The third kappa shape index (κ3) is 2.08. The largest absolute Gasteiger partial charge is 0.0678 e. The molecule has 0 aliphatic rings. The van der Waals surface area contributed by atoms with Crippen molar-refractivity contribution in [1.29, 1.82) is 0 Å². The molecule has 0 unspecified atom stereocenters. The van der Waals surface area contributed by atoms with Gasteiger partial charge in [0.2, 0.25) is 0 Å². The zero-order chi connectivity index (χ0) is 9.12. The molecule has 0 aromatic carbocycles. The second-order valence-electron chi connectivity index (χ2n) is 4.49. The molecule has 0 N–H and O–H groups in total. The van der Waals surface area contributed by atoms with Gasteiger partial charge in [-0.3, -0.25) is 0 Å². The van der Waals surface area contributed by atoms with E-state index in [1.807, 2.05) is 0 Å². The van der Waals surface area contributed by atoms with Crippen molar-refractivity contribution in [1.82, 2.24) is 0 Å². The highest BCUT2D eigenvalue weighted by atomic mass is 28.3. The van der Waals surface area contributed by atoms with Crippen LogP contribution in [0.25, 0.3) is 0 Å². The van der Waals surface area contributed by atoms with E-state index in [2.05, 4.69) is 41.5 Å². The fraction of sp³-hybridized carbons (Fsp3) is 0.900. The minimum Gasteiger partial charge on any atom is -0.0678 e. The summed E-state index contributed by atoms with van der Waals surface area (Å²) in [7, 11) is -1.03. The topological polar surface area (TPSA) is 0 Å². The molecular weight excluding hydrogens is 148 g/mol. The van der Waals surface area contributed by atoms with Crippen LogP contribution in [0.5, 0.6) is 0 Å². The summed E-state index contributed by atoms with van der Waals surface area (Å²) in [5, 5.41) is 0.540. The van der Waals surface area contributed by atoms with Crippen molar-refractivity contribution < 1.29 is 0 Å². The van der Waals surface area contributed by atoms with Crippen LogP contribution in [0.1, 0.15) is 34.6 Å². The van der Waals surface area contributed by atoms with Crippen molar-refractivity contribution in [2.45, 2.75) is 57.8 Å². The van der Waals surface area contributed by atoms with Crippen molar-refractivity contribution in [2.75, 3.05) is 0 Å². The van der Waals surface area contributed by atoms with Gasteiger partial charge in [0.05, 0.1) is 8.07 Å². The minimum absolute atomic E-state index is 0.540. The highest BCUT2D eigenvalue weighted by Gasteiger charge is 2.38. The highest BCUT2D eigenvalue weighted by molar-refractivity contribution is 6.82. The third-order valence-corrected chi connectivity index (χ3v) is 10.3. The van der Waals surface area contributed by atoms with Crippen LogP contribution in [0.2, 0.25) is 23.2 Å². The first-order chi connectivity index (χ1) is 4.93. The monoisotopic (exact) mass is 171 g/mol. The van der Waals surface area contributed by atoms with Crippen LogP contribution in [0, 0.1) is 6.92 Å². The second kappa shape index (κ2) is 3.75. The summed E-state index contributed by atoms with van der Waals surface area (Å²) in [4.78, 5) is 0. The fourth-order valence-electron chi connectivity index (χ4n) is 2.04. The molecule has 11 heavy (non-hydrogen) atoms. The molecular formula is C10H23Si. The quantitative estimate of drug-likeness (QED) is 0.561. The van der Waals surface area contributed by atoms with Crippen molar-refractivity contribution in [2.24, 2.45) is 0 Å². The standard InChI is InChI=1S/C10H23Si/c1-7-11(8-2,9-3)10(4,5)6/h1,7-9H2,2-6H3. The number of rotatable bonds is 3. The van der Waals surface area contributed by atoms with Gasteiger partial charge in [-0.1, -0.05) is 59.7 Å². The summed E-state index contributed by atoms with van der Waals surface area (Å²) in [6.45, 7) is 16.0. The van der Waals surface area contributed by atoms with Gasteiger partial charge in [0.15, 0.2) is 0 Å². The molecule has 0 spiro atoms. The average Bonchev–Trinajstić information content (AvgIpc) is 1.90. The molecule has 0 aromatic rings. The van der Waals surface area contributed by atoms with Crippen molar-refractivity contribution in [3.8, 4) is 0 Å². The van der Waals surface area contributed by atoms with Gasteiger partial charge in [0.25, 0.3) is 0 Å². The van der Waals surface area contributed by atoms with Gasteiger partial charge in [-0.05, 0) is 5.04 Å². The smallest absolute Gasteiger partial charge is 0.0584 e. The van der Waals surface area contributed by atoms with Crippen LogP contribution in [0.3, 0.4) is 0 Å². The van der Waals surface area contributed by atoms with Gasteiger partial charge in [0, 0.05) is 0 Å². The molecule has 0 nitrogen and oxygen atoms in total. The zero-order valence-electron chi connectivity index (χ0n) is 8.83. The van der Waals surface area contributed by atoms with Crippen molar-refractivity contribution in [3.05, 3.63) is 6.92 Å². The van der Waals surface area contributed by atoms with Gasteiger partial charge in [-0.15, -0.1) is 0 Å². The Morgan fingerprint density at radius 3 is 1.45 bits per heavy atom. The molecule has 0 bridgehead atoms. The summed E-state index contributed by atoms with van der Waals surface area (Å²) >= 11 is 0. The minimum atomic E-state index is -1.03. The van der Waals surface area contributed by atoms with E-state index in [9.17, 15) is 0 Å². The molecule has 0 heterocycles. The molecule has 0 aliphatic carbocycles. The van der Waals surface area contributed by atoms with E-state index in [1.54, 1.807) is 0 Å². The molecule has 0 aliphatic heterocycles. The van der Waals surface area contributed by atoms with E-state index < -0.39 is 8.07 Å². The van der Waals surface area contributed by atoms with Gasteiger partial charge in [-0.2, -0.15) is 0 Å². The SMILES string of the molecule is [CH2]C[Si](CC)(CC)C(C)(C)C. The predicted octanol–water partition coefficient (Wildman–Crippen LogP) is 4.11. The number of hydrogen-bond acceptors (Lipinski definition) is 0. The molecule has 0 saturated heterocycles. The number of hydrogen-bond donors (Lipinski definition) is 0. The highest BCUT2D eigenvalue weighted by Crippen LogP contribution is 2.43. The Bertz CT molecular complexity index is 98.3. The lowest BCUT2D eigenvalue weighted by Gasteiger charge is -2.41. The molecule has 0 rings (SSSR count). The summed E-state index contributed by atoms with van der Waals surface area (Å²) in [6.07, 6.45) is 0. The van der Waals surface area contributed by atoms with Crippen LogP contribution in [-0.4, -0.2) is 8.07 Å². The first-order valence-electron chi connectivity index (χ1n) is 4.72. The predicted molar refractivity (Wildman–Crippen MR) is 56.6 cm³/mol. The van der Waals surface area contributed by atoms with Crippen LogP contribution >= 0.6 is 0 Å². The normalized spacial score (nSPS) is 13.6. The summed E-state index contributed by atoms with van der Waals surface area (Å²) < 4.78 is 0. The maximum Gasteiger partial charge on any atom is 0.0584 e. The maximum absolute atomic E-state index is 4.13. The van der Waals surface area contributed by atoms with Crippen LogP contribution < -0.4 is 0 Å². The first-order valence-corrected chi connectivity index (χ1v) is 7.35. The van der Waals surface area contributed by atoms with Crippen molar-refractivity contribution in [3.63, 3.8) is 0 Å². The Hall–Kier alpha value is 0.217. The van der Waals surface area contributed by atoms with E-state index in [1.165, 1.54) is 18.1 Å². The Labute approximate surface area is 73.4 Å². The summed E-state index contributed by atoms with van der Waals surface area (Å²) in [6, 6.07) is 3.97. The van der Waals surface area contributed by atoms with Gasteiger partial charge in [-0.25, -0.2) is 0 Å². The third-order valence-electron chi connectivity index (χ3n) is 3.42. The molecule has 0 amide bonds. The molecule has 1 radical (unpaired) electrons. The Morgan fingerprint density at radius 2 is 1.45 bits per heavy atom. The van der Waals surface area contributed by atoms with E-state index in [0.29, 0.717) is 5.04 Å². The van der Waals surface area contributed by atoms with E-state index in [4.69, 9.17) is 0 Å². The summed E-state index contributed by atoms with van der Waals surface area (Å²) in [5.41, 5.74) is 0. The fourth-order valence-corrected chi connectivity index (χ4v) is 6.12. The molecule has 0 aromatic heterocycles. The lowest BCUT2D eigenvalue weighted by atomic mass is 10.2. The maximum atomic E-state index is 4.13. The first kappa shape index (κ1) is 11.2.